The maximum atomic E-state index is 11.0. The van der Waals surface area contributed by atoms with Crippen molar-refractivity contribution in [2.75, 3.05) is 18.6 Å². The number of nitrogens with zero attached hydrogens (tertiary/aromatic N) is 4. The molecule has 0 aliphatic heterocycles. The van der Waals surface area contributed by atoms with Crippen LogP contribution in [0.15, 0.2) is 11.5 Å². The fraction of sp³-hybridized carbons (Fsp3) is 0.615. The third-order valence-corrected chi connectivity index (χ3v) is 5.65. The normalized spacial score (nSPS) is 36.7. The van der Waals surface area contributed by atoms with Crippen molar-refractivity contribution in [1.82, 2.24) is 19.5 Å². The van der Waals surface area contributed by atoms with Gasteiger partial charge < -0.3 is 21.1 Å². The molecule has 2 aromatic heterocycles. The minimum Gasteiger partial charge on any atom is -0.396 e. The molecule has 2 saturated carbocycles. The van der Waals surface area contributed by atoms with Crippen molar-refractivity contribution in [3.05, 3.63) is 6.33 Å². The van der Waals surface area contributed by atoms with Gasteiger partial charge in [0.2, 0.25) is 0 Å². The highest BCUT2D eigenvalue weighted by molar-refractivity contribution is 7.98. The number of fused-ring (bicyclic) bond motifs is 2. The summed E-state index contributed by atoms with van der Waals surface area (Å²) in [5, 5.41) is 31.7. The van der Waals surface area contributed by atoms with E-state index in [1.807, 2.05) is 6.26 Å². The minimum absolute atomic E-state index is 0.106. The van der Waals surface area contributed by atoms with Crippen LogP contribution in [0.3, 0.4) is 0 Å². The van der Waals surface area contributed by atoms with Crippen LogP contribution in [0.4, 0.5) is 5.82 Å². The largest absolute Gasteiger partial charge is 0.396 e. The number of aliphatic hydroxyl groups excluding tert-OH is 2. The highest BCUT2D eigenvalue weighted by Crippen LogP contribution is 2.67. The van der Waals surface area contributed by atoms with Gasteiger partial charge in [-0.25, -0.2) is 15.0 Å². The van der Waals surface area contributed by atoms with Crippen LogP contribution >= 0.6 is 11.8 Å². The third kappa shape index (κ3) is 1.56. The molecule has 0 aromatic carbocycles. The van der Waals surface area contributed by atoms with Gasteiger partial charge in [0.15, 0.2) is 22.3 Å². The lowest BCUT2D eigenvalue weighted by Crippen LogP contribution is -2.46. The van der Waals surface area contributed by atoms with Gasteiger partial charge in [0.05, 0.1) is 12.9 Å². The third-order valence-electron chi connectivity index (χ3n) is 5.11. The summed E-state index contributed by atoms with van der Waals surface area (Å²) >= 11 is 1.34. The number of aromatic nitrogens is 4. The number of nitrogen functional groups attached to an aromatic ring is 1. The molecule has 2 fully saturated rings. The topological polar surface area (TPSA) is 130 Å². The van der Waals surface area contributed by atoms with Crippen LogP contribution in [0, 0.1) is 11.3 Å². The van der Waals surface area contributed by atoms with Crippen molar-refractivity contribution in [1.29, 1.82) is 0 Å². The monoisotopic (exact) mass is 323 g/mol. The molecule has 0 saturated heterocycles. The highest BCUT2D eigenvalue weighted by Gasteiger charge is 2.72. The Morgan fingerprint density at radius 1 is 1.45 bits per heavy atom. The molecule has 0 unspecified atom stereocenters. The van der Waals surface area contributed by atoms with Crippen LogP contribution < -0.4 is 5.73 Å². The average molecular weight is 323 g/mol. The van der Waals surface area contributed by atoms with E-state index in [0.717, 1.165) is 6.42 Å². The molecule has 5 N–H and O–H groups in total. The average Bonchev–Trinajstić information content (AvgIpc) is 2.93. The Hall–Kier alpha value is -1.42. The number of imidazole rings is 1. The summed E-state index contributed by atoms with van der Waals surface area (Å²) in [7, 11) is 0. The van der Waals surface area contributed by atoms with Crippen LogP contribution in [0.5, 0.6) is 0 Å². The van der Waals surface area contributed by atoms with Gasteiger partial charge in [-0.2, -0.15) is 0 Å². The number of hydrogen-bond acceptors (Lipinski definition) is 8. The SMILES string of the molecule is CSc1nc(N)c2ncn([C@]3(O)C[C@H]4C[C@@]4(CO)[C@@H]3O)c2n1. The smallest absolute Gasteiger partial charge is 0.191 e. The van der Waals surface area contributed by atoms with E-state index in [9.17, 15) is 15.3 Å². The molecule has 0 bridgehead atoms. The van der Waals surface area contributed by atoms with Gasteiger partial charge in [-0.15, -0.1) is 0 Å². The standard InChI is InChI=1S/C13H17N5O3S/c1-22-11-16-8(14)7-9(17-11)18(5-15-7)13(21)3-6-2-12(6,4-19)10(13)20/h5-6,10,19-21H,2-4H2,1H3,(H2,14,16,17)/t6-,10+,12+,13+/m1/s1. The zero-order valence-electron chi connectivity index (χ0n) is 12.0. The van der Waals surface area contributed by atoms with E-state index < -0.39 is 17.2 Å². The van der Waals surface area contributed by atoms with Gasteiger partial charge in [0.1, 0.15) is 11.6 Å². The number of rotatable bonds is 3. The first-order valence-corrected chi connectivity index (χ1v) is 8.25. The second-order valence-electron chi connectivity index (χ2n) is 6.16. The second-order valence-corrected chi connectivity index (χ2v) is 6.93. The first-order valence-electron chi connectivity index (χ1n) is 7.02. The molecule has 2 aromatic rings. The molecule has 4 rings (SSSR count). The summed E-state index contributed by atoms with van der Waals surface area (Å²) in [5.41, 5.74) is 4.55. The van der Waals surface area contributed by atoms with Crippen molar-refractivity contribution in [2.45, 2.75) is 29.8 Å². The first kappa shape index (κ1) is 14.2. The molecule has 9 heteroatoms. The maximum absolute atomic E-state index is 11.0. The fourth-order valence-electron chi connectivity index (χ4n) is 3.73. The van der Waals surface area contributed by atoms with E-state index in [0.29, 0.717) is 22.7 Å². The number of hydrogen-bond donors (Lipinski definition) is 4. The Balaban J connectivity index is 1.87. The predicted octanol–water partition coefficient (Wildman–Crippen LogP) is -0.461. The van der Waals surface area contributed by atoms with Crippen LogP contribution in [-0.4, -0.2) is 53.8 Å². The van der Waals surface area contributed by atoms with Gasteiger partial charge in [0, 0.05) is 11.8 Å². The summed E-state index contributed by atoms with van der Waals surface area (Å²) in [4.78, 5) is 12.7. The Morgan fingerprint density at radius 2 is 2.23 bits per heavy atom. The van der Waals surface area contributed by atoms with Crippen molar-refractivity contribution < 1.29 is 15.3 Å². The van der Waals surface area contributed by atoms with Gasteiger partial charge in [-0.05, 0) is 18.6 Å². The van der Waals surface area contributed by atoms with E-state index in [1.165, 1.54) is 22.7 Å². The predicted molar refractivity (Wildman–Crippen MR) is 80.0 cm³/mol. The lowest BCUT2D eigenvalue weighted by molar-refractivity contribution is -0.145. The molecule has 0 amide bonds. The van der Waals surface area contributed by atoms with E-state index in [-0.39, 0.29) is 18.3 Å². The Kier molecular flexibility index (Phi) is 2.78. The number of aliphatic hydroxyl groups is 3. The quantitative estimate of drug-likeness (QED) is 0.441. The molecule has 0 radical (unpaired) electrons. The Bertz CT molecular complexity index is 763. The van der Waals surface area contributed by atoms with Crippen molar-refractivity contribution in [2.24, 2.45) is 11.3 Å². The zero-order chi connectivity index (χ0) is 15.7. The van der Waals surface area contributed by atoms with Gasteiger partial charge in [0.25, 0.3) is 0 Å². The van der Waals surface area contributed by atoms with Gasteiger partial charge >= 0.3 is 0 Å². The molecule has 2 aliphatic rings. The van der Waals surface area contributed by atoms with Crippen molar-refractivity contribution in [3.8, 4) is 0 Å². The first-order chi connectivity index (χ1) is 10.5. The van der Waals surface area contributed by atoms with Crippen LogP contribution in [0.1, 0.15) is 12.8 Å². The second kappa shape index (κ2) is 4.31. The molecule has 0 spiro atoms. The molecule has 2 heterocycles. The van der Waals surface area contributed by atoms with E-state index in [2.05, 4.69) is 15.0 Å². The fourth-order valence-corrected chi connectivity index (χ4v) is 4.10. The summed E-state index contributed by atoms with van der Waals surface area (Å²) in [6.07, 6.45) is 3.28. The lowest BCUT2D eigenvalue weighted by atomic mass is 9.96. The zero-order valence-corrected chi connectivity index (χ0v) is 12.8. The van der Waals surface area contributed by atoms with Gasteiger partial charge in [-0.1, -0.05) is 11.8 Å². The van der Waals surface area contributed by atoms with E-state index >= 15 is 0 Å². The van der Waals surface area contributed by atoms with E-state index in [4.69, 9.17) is 5.73 Å². The van der Waals surface area contributed by atoms with Gasteiger partial charge in [-0.3, -0.25) is 4.57 Å². The molecular weight excluding hydrogens is 306 g/mol. The molecule has 118 valence electrons. The maximum Gasteiger partial charge on any atom is 0.191 e. The number of thioether (sulfide) groups is 1. The van der Waals surface area contributed by atoms with Crippen LogP contribution in [-0.2, 0) is 5.72 Å². The lowest BCUT2D eigenvalue weighted by Gasteiger charge is -2.33. The Labute approximate surface area is 130 Å². The minimum atomic E-state index is -1.53. The molecule has 2 aliphatic carbocycles. The molecule has 8 nitrogen and oxygen atoms in total. The molecule has 22 heavy (non-hydrogen) atoms. The Morgan fingerprint density at radius 3 is 2.86 bits per heavy atom. The highest BCUT2D eigenvalue weighted by atomic mass is 32.2. The van der Waals surface area contributed by atoms with E-state index in [1.54, 1.807) is 0 Å². The number of anilines is 1. The molecular formula is C13H17N5O3S. The molecule has 4 atom stereocenters. The van der Waals surface area contributed by atoms with Crippen molar-refractivity contribution >= 4 is 28.7 Å². The summed E-state index contributed by atoms with van der Waals surface area (Å²) in [5.74, 6) is 0.348. The van der Waals surface area contributed by atoms with Crippen LogP contribution in [0.25, 0.3) is 11.2 Å². The summed E-state index contributed by atoms with van der Waals surface area (Å²) in [6.45, 7) is -0.138. The summed E-state index contributed by atoms with van der Waals surface area (Å²) < 4.78 is 1.47. The summed E-state index contributed by atoms with van der Waals surface area (Å²) in [6, 6.07) is 0. The van der Waals surface area contributed by atoms with Crippen molar-refractivity contribution in [3.63, 3.8) is 0 Å². The number of nitrogens with two attached hydrogens (primary N) is 1. The van der Waals surface area contributed by atoms with Crippen LogP contribution in [0.2, 0.25) is 0 Å².